The summed E-state index contributed by atoms with van der Waals surface area (Å²) in [4.78, 5) is 0. The Labute approximate surface area is 108 Å². The molecule has 0 aromatic heterocycles. The molecule has 18 heavy (non-hydrogen) atoms. The Kier molecular flexibility index (Phi) is 2.85. The quantitative estimate of drug-likeness (QED) is 0.590. The maximum absolute atomic E-state index is 3.37. The third-order valence-corrected chi connectivity index (χ3v) is 3.37. The van der Waals surface area contributed by atoms with Gasteiger partial charge in [-0.25, -0.2) is 0 Å². The predicted octanol–water partition coefficient (Wildman–Crippen LogP) is 4.87. The van der Waals surface area contributed by atoms with Crippen LogP contribution < -0.4 is 0 Å². The standard InChI is InChI=1S/C18H15/c1-2-14-10-12-16(13-11-14)18-9-5-7-15-6-3-4-8-17(15)18/h3-8,10-13H,2H2,1H3. The molecule has 0 heteroatoms. The Hall–Kier alpha value is -2.08. The number of hydrogen-bond donors (Lipinski definition) is 0. The van der Waals surface area contributed by atoms with Crippen molar-refractivity contribution in [3.8, 4) is 11.1 Å². The van der Waals surface area contributed by atoms with E-state index in [0.29, 0.717) is 0 Å². The second-order valence-corrected chi connectivity index (χ2v) is 4.49. The molecule has 3 rings (SSSR count). The molecule has 0 aliphatic heterocycles. The minimum atomic E-state index is 1.08. The van der Waals surface area contributed by atoms with Gasteiger partial charge < -0.3 is 0 Å². The highest BCUT2D eigenvalue weighted by molar-refractivity contribution is 5.96. The van der Waals surface area contributed by atoms with Crippen molar-refractivity contribution in [3.05, 3.63) is 72.3 Å². The Bertz CT molecular complexity index is 658. The van der Waals surface area contributed by atoms with Crippen molar-refractivity contribution in [1.29, 1.82) is 0 Å². The molecule has 0 nitrogen and oxygen atoms in total. The smallest absolute Gasteiger partial charge is 0.00266 e. The lowest BCUT2D eigenvalue weighted by molar-refractivity contribution is 1.14. The molecular formula is C18H15. The first-order chi connectivity index (χ1) is 8.88. The van der Waals surface area contributed by atoms with Crippen molar-refractivity contribution in [1.82, 2.24) is 0 Å². The Morgan fingerprint density at radius 1 is 0.889 bits per heavy atom. The molecule has 0 amide bonds. The number of hydrogen-bond acceptors (Lipinski definition) is 0. The molecule has 0 N–H and O–H groups in total. The molecule has 0 aliphatic carbocycles. The molecule has 0 spiro atoms. The number of benzene rings is 3. The van der Waals surface area contributed by atoms with E-state index < -0.39 is 0 Å². The normalized spacial score (nSPS) is 10.7. The fourth-order valence-corrected chi connectivity index (χ4v) is 2.31. The van der Waals surface area contributed by atoms with Crippen LogP contribution in [0.5, 0.6) is 0 Å². The molecule has 1 radical (unpaired) electrons. The van der Waals surface area contributed by atoms with Gasteiger partial charge >= 0.3 is 0 Å². The predicted molar refractivity (Wildman–Crippen MR) is 77.6 cm³/mol. The van der Waals surface area contributed by atoms with Crippen LogP contribution >= 0.6 is 0 Å². The van der Waals surface area contributed by atoms with Gasteiger partial charge in [-0.2, -0.15) is 0 Å². The lowest BCUT2D eigenvalue weighted by Crippen LogP contribution is -1.83. The molecular weight excluding hydrogens is 216 g/mol. The van der Waals surface area contributed by atoms with Crippen molar-refractivity contribution >= 4 is 10.8 Å². The maximum atomic E-state index is 3.37. The van der Waals surface area contributed by atoms with Crippen molar-refractivity contribution in [2.24, 2.45) is 0 Å². The molecule has 0 aliphatic rings. The van der Waals surface area contributed by atoms with Crippen LogP contribution in [0.1, 0.15) is 12.5 Å². The summed E-state index contributed by atoms with van der Waals surface area (Å²) in [6.07, 6.45) is 1.08. The van der Waals surface area contributed by atoms with E-state index in [1.54, 1.807) is 0 Å². The van der Waals surface area contributed by atoms with Crippen molar-refractivity contribution < 1.29 is 0 Å². The van der Waals surface area contributed by atoms with Gasteiger partial charge in [-0.15, -0.1) is 0 Å². The summed E-state index contributed by atoms with van der Waals surface area (Å²) < 4.78 is 0. The first kappa shape index (κ1) is 11.0. The Morgan fingerprint density at radius 3 is 2.44 bits per heavy atom. The SMILES string of the molecule is CCc1ccc(-c2[c]ccc3ccccc23)cc1. The second kappa shape index (κ2) is 4.66. The zero-order valence-corrected chi connectivity index (χ0v) is 10.5. The van der Waals surface area contributed by atoms with E-state index in [0.717, 1.165) is 6.42 Å². The van der Waals surface area contributed by atoms with E-state index in [1.165, 1.54) is 27.5 Å². The molecule has 0 unspecified atom stereocenters. The summed E-state index contributed by atoms with van der Waals surface area (Å²) in [5.41, 5.74) is 3.80. The first-order valence-corrected chi connectivity index (χ1v) is 6.37. The van der Waals surface area contributed by atoms with E-state index in [1.807, 2.05) is 6.07 Å². The summed E-state index contributed by atoms with van der Waals surface area (Å²) in [5.74, 6) is 0. The number of rotatable bonds is 2. The molecule has 0 fully saturated rings. The summed E-state index contributed by atoms with van der Waals surface area (Å²) >= 11 is 0. The van der Waals surface area contributed by atoms with Crippen LogP contribution in [0.4, 0.5) is 0 Å². The van der Waals surface area contributed by atoms with Gasteiger partial charge in [0.2, 0.25) is 0 Å². The van der Waals surface area contributed by atoms with Gasteiger partial charge in [-0.3, -0.25) is 0 Å². The van der Waals surface area contributed by atoms with Crippen molar-refractivity contribution in [2.75, 3.05) is 0 Å². The van der Waals surface area contributed by atoms with E-state index >= 15 is 0 Å². The van der Waals surface area contributed by atoms with Crippen LogP contribution in [-0.4, -0.2) is 0 Å². The minimum Gasteiger partial charge on any atom is -0.0616 e. The molecule has 3 aromatic carbocycles. The van der Waals surface area contributed by atoms with Gasteiger partial charge in [0.05, 0.1) is 0 Å². The molecule has 0 heterocycles. The third-order valence-electron chi connectivity index (χ3n) is 3.37. The van der Waals surface area contributed by atoms with E-state index in [4.69, 9.17) is 0 Å². The largest absolute Gasteiger partial charge is 0.0616 e. The Morgan fingerprint density at radius 2 is 1.67 bits per heavy atom. The number of aryl methyl sites for hydroxylation is 1. The molecule has 0 saturated carbocycles. The van der Waals surface area contributed by atoms with Crippen LogP contribution in [0.25, 0.3) is 21.9 Å². The molecule has 0 bridgehead atoms. The van der Waals surface area contributed by atoms with Gasteiger partial charge in [0.25, 0.3) is 0 Å². The zero-order chi connectivity index (χ0) is 12.4. The van der Waals surface area contributed by atoms with Crippen LogP contribution in [-0.2, 0) is 6.42 Å². The van der Waals surface area contributed by atoms with Crippen LogP contribution in [0.2, 0.25) is 0 Å². The van der Waals surface area contributed by atoms with Crippen molar-refractivity contribution in [3.63, 3.8) is 0 Å². The average molecular weight is 231 g/mol. The fourth-order valence-electron chi connectivity index (χ4n) is 2.31. The van der Waals surface area contributed by atoms with Crippen LogP contribution in [0, 0.1) is 6.07 Å². The van der Waals surface area contributed by atoms with Crippen LogP contribution in [0.3, 0.4) is 0 Å². The van der Waals surface area contributed by atoms with Crippen molar-refractivity contribution in [2.45, 2.75) is 13.3 Å². The molecule has 0 saturated heterocycles. The van der Waals surface area contributed by atoms with E-state index in [2.05, 4.69) is 67.6 Å². The lowest BCUT2D eigenvalue weighted by Gasteiger charge is -2.07. The second-order valence-electron chi connectivity index (χ2n) is 4.49. The third kappa shape index (κ3) is 1.91. The van der Waals surface area contributed by atoms with Gasteiger partial charge in [0.15, 0.2) is 0 Å². The fraction of sp³-hybridized carbons (Fsp3) is 0.111. The highest BCUT2D eigenvalue weighted by Crippen LogP contribution is 2.28. The van der Waals surface area contributed by atoms with E-state index in [-0.39, 0.29) is 0 Å². The van der Waals surface area contributed by atoms with Gasteiger partial charge in [0.1, 0.15) is 0 Å². The summed E-state index contributed by atoms with van der Waals surface area (Å²) in [6.45, 7) is 2.18. The molecule has 0 atom stereocenters. The molecule has 87 valence electrons. The van der Waals surface area contributed by atoms with Gasteiger partial charge in [-0.05, 0) is 39.9 Å². The van der Waals surface area contributed by atoms with Crippen LogP contribution in [0.15, 0.2) is 60.7 Å². The highest BCUT2D eigenvalue weighted by atomic mass is 14.1. The minimum absolute atomic E-state index is 1.08. The first-order valence-electron chi connectivity index (χ1n) is 6.37. The Balaban J connectivity index is 2.18. The zero-order valence-electron chi connectivity index (χ0n) is 10.5. The summed E-state index contributed by atoms with van der Waals surface area (Å²) in [6, 6.07) is 24.7. The molecule has 3 aromatic rings. The summed E-state index contributed by atoms with van der Waals surface area (Å²) in [7, 11) is 0. The highest BCUT2D eigenvalue weighted by Gasteiger charge is 2.03. The summed E-state index contributed by atoms with van der Waals surface area (Å²) in [5, 5.41) is 2.54. The monoisotopic (exact) mass is 231 g/mol. The topological polar surface area (TPSA) is 0 Å². The number of fused-ring (bicyclic) bond motifs is 1. The van der Waals surface area contributed by atoms with E-state index in [9.17, 15) is 0 Å². The lowest BCUT2D eigenvalue weighted by atomic mass is 9.97. The average Bonchev–Trinajstić information content (AvgIpc) is 2.47. The van der Waals surface area contributed by atoms with Gasteiger partial charge in [0, 0.05) is 0 Å². The van der Waals surface area contributed by atoms with Gasteiger partial charge in [-0.1, -0.05) is 67.6 Å². The maximum Gasteiger partial charge on any atom is -0.00266 e.